The summed E-state index contributed by atoms with van der Waals surface area (Å²) in [6.45, 7) is 2.46. The summed E-state index contributed by atoms with van der Waals surface area (Å²) >= 11 is 3.50. The zero-order valence-electron chi connectivity index (χ0n) is 10.3. The van der Waals surface area contributed by atoms with Crippen molar-refractivity contribution in [1.29, 1.82) is 0 Å². The number of aryl methyl sites for hydroxylation is 1. The van der Waals surface area contributed by atoms with Gasteiger partial charge < -0.3 is 10.5 Å². The first kappa shape index (κ1) is 13.0. The standard InChI is InChI=1S/C13H14BrN3O/c1-8-3-4-9(5-11(8)14)13-16-10(7-18-2)6-12(15)17-13/h3-6H,7H2,1-2H3,(H2,15,16,17). The molecule has 0 aliphatic heterocycles. The first-order chi connectivity index (χ1) is 8.60. The molecule has 4 nitrogen and oxygen atoms in total. The van der Waals surface area contributed by atoms with Crippen LogP contribution in [0.3, 0.4) is 0 Å². The lowest BCUT2D eigenvalue weighted by Gasteiger charge is -2.06. The SMILES string of the molecule is COCc1cc(N)nc(-c2ccc(C)c(Br)c2)n1. The van der Waals surface area contributed by atoms with Gasteiger partial charge in [0.15, 0.2) is 5.82 Å². The Hall–Kier alpha value is -1.46. The monoisotopic (exact) mass is 307 g/mol. The smallest absolute Gasteiger partial charge is 0.161 e. The third-order valence-corrected chi connectivity index (χ3v) is 3.38. The molecule has 0 spiro atoms. The van der Waals surface area contributed by atoms with Crippen molar-refractivity contribution in [2.24, 2.45) is 0 Å². The van der Waals surface area contributed by atoms with Crippen molar-refractivity contribution in [1.82, 2.24) is 9.97 Å². The van der Waals surface area contributed by atoms with Crippen molar-refractivity contribution in [3.05, 3.63) is 40.0 Å². The number of nitrogens with zero attached hydrogens (tertiary/aromatic N) is 2. The average Bonchev–Trinajstić information content (AvgIpc) is 2.32. The maximum atomic E-state index is 5.78. The van der Waals surface area contributed by atoms with Gasteiger partial charge in [-0.2, -0.15) is 0 Å². The van der Waals surface area contributed by atoms with Gasteiger partial charge in [0.05, 0.1) is 12.3 Å². The highest BCUT2D eigenvalue weighted by Gasteiger charge is 2.07. The maximum Gasteiger partial charge on any atom is 0.161 e. The summed E-state index contributed by atoms with van der Waals surface area (Å²) < 4.78 is 6.09. The molecule has 2 N–H and O–H groups in total. The van der Waals surface area contributed by atoms with Crippen LogP contribution in [0.4, 0.5) is 5.82 Å². The Morgan fingerprint density at radius 1 is 1.28 bits per heavy atom. The third-order valence-electron chi connectivity index (χ3n) is 2.52. The highest BCUT2D eigenvalue weighted by atomic mass is 79.9. The predicted octanol–water partition coefficient (Wildman–Crippen LogP) is 2.94. The molecule has 2 rings (SSSR count). The zero-order chi connectivity index (χ0) is 13.1. The number of hydrogen-bond donors (Lipinski definition) is 1. The molecule has 0 saturated heterocycles. The van der Waals surface area contributed by atoms with E-state index < -0.39 is 0 Å². The second-order valence-corrected chi connectivity index (χ2v) is 4.86. The minimum Gasteiger partial charge on any atom is -0.384 e. The Morgan fingerprint density at radius 2 is 2.06 bits per heavy atom. The number of halogens is 1. The summed E-state index contributed by atoms with van der Waals surface area (Å²) in [5.74, 6) is 1.06. The van der Waals surface area contributed by atoms with Gasteiger partial charge in [0.1, 0.15) is 5.82 Å². The molecule has 1 aromatic carbocycles. The van der Waals surface area contributed by atoms with Crippen molar-refractivity contribution in [3.63, 3.8) is 0 Å². The largest absolute Gasteiger partial charge is 0.384 e. The van der Waals surface area contributed by atoms with E-state index in [1.54, 1.807) is 13.2 Å². The van der Waals surface area contributed by atoms with E-state index in [9.17, 15) is 0 Å². The number of aromatic nitrogens is 2. The minimum absolute atomic E-state index is 0.423. The molecule has 5 heteroatoms. The highest BCUT2D eigenvalue weighted by molar-refractivity contribution is 9.10. The Bertz CT molecular complexity index is 572. The van der Waals surface area contributed by atoms with Crippen LogP contribution >= 0.6 is 15.9 Å². The first-order valence-corrected chi connectivity index (χ1v) is 6.28. The molecule has 0 bridgehead atoms. The van der Waals surface area contributed by atoms with Crippen LogP contribution in [-0.2, 0) is 11.3 Å². The minimum atomic E-state index is 0.423. The van der Waals surface area contributed by atoms with Crippen LogP contribution in [0, 0.1) is 6.92 Å². The number of ether oxygens (including phenoxy) is 1. The summed E-state index contributed by atoms with van der Waals surface area (Å²) in [4.78, 5) is 8.67. The molecule has 0 radical (unpaired) electrons. The van der Waals surface area contributed by atoms with Crippen LogP contribution in [0.5, 0.6) is 0 Å². The molecule has 0 fully saturated rings. The van der Waals surface area contributed by atoms with E-state index in [2.05, 4.69) is 25.9 Å². The fourth-order valence-corrected chi connectivity index (χ4v) is 1.98. The maximum absolute atomic E-state index is 5.78. The number of methoxy groups -OCH3 is 1. The molecule has 0 aliphatic rings. The molecule has 1 heterocycles. The van der Waals surface area contributed by atoms with E-state index in [4.69, 9.17) is 10.5 Å². The van der Waals surface area contributed by atoms with Crippen molar-refractivity contribution in [2.75, 3.05) is 12.8 Å². The van der Waals surface area contributed by atoms with E-state index in [0.29, 0.717) is 18.2 Å². The number of hydrogen-bond acceptors (Lipinski definition) is 4. The van der Waals surface area contributed by atoms with E-state index in [1.165, 1.54) is 5.56 Å². The normalized spacial score (nSPS) is 10.6. The van der Waals surface area contributed by atoms with Crippen molar-refractivity contribution >= 4 is 21.7 Å². The molecule has 2 aromatic rings. The van der Waals surface area contributed by atoms with E-state index in [-0.39, 0.29) is 0 Å². The molecule has 0 unspecified atom stereocenters. The van der Waals surface area contributed by atoms with Gasteiger partial charge in [-0.15, -0.1) is 0 Å². The fourth-order valence-electron chi connectivity index (χ4n) is 1.60. The van der Waals surface area contributed by atoms with Gasteiger partial charge in [-0.1, -0.05) is 28.1 Å². The lowest BCUT2D eigenvalue weighted by molar-refractivity contribution is 0.181. The summed E-state index contributed by atoms with van der Waals surface area (Å²) in [6, 6.07) is 7.70. The quantitative estimate of drug-likeness (QED) is 0.947. The summed E-state index contributed by atoms with van der Waals surface area (Å²) in [5, 5.41) is 0. The van der Waals surface area contributed by atoms with Gasteiger partial charge in [0, 0.05) is 23.2 Å². The van der Waals surface area contributed by atoms with E-state index in [0.717, 1.165) is 15.7 Å². The summed E-state index contributed by atoms with van der Waals surface area (Å²) in [5.41, 5.74) is 8.65. The molecule has 0 atom stereocenters. The molecule has 0 amide bonds. The van der Waals surface area contributed by atoms with Gasteiger partial charge in [-0.3, -0.25) is 0 Å². The van der Waals surface area contributed by atoms with Crippen LogP contribution in [0.2, 0.25) is 0 Å². The second kappa shape index (κ2) is 5.46. The van der Waals surface area contributed by atoms with Crippen LogP contribution < -0.4 is 5.73 Å². The van der Waals surface area contributed by atoms with Crippen molar-refractivity contribution < 1.29 is 4.74 Å². The molecule has 0 saturated carbocycles. The summed E-state index contributed by atoms with van der Waals surface area (Å²) in [7, 11) is 1.63. The van der Waals surface area contributed by atoms with Gasteiger partial charge in [0.2, 0.25) is 0 Å². The molecule has 1 aromatic heterocycles. The lowest BCUT2D eigenvalue weighted by atomic mass is 10.1. The lowest BCUT2D eigenvalue weighted by Crippen LogP contribution is -2.01. The highest BCUT2D eigenvalue weighted by Crippen LogP contribution is 2.24. The predicted molar refractivity (Wildman–Crippen MR) is 75.0 cm³/mol. The third kappa shape index (κ3) is 2.86. The fraction of sp³-hybridized carbons (Fsp3) is 0.231. The van der Waals surface area contributed by atoms with Gasteiger partial charge in [0.25, 0.3) is 0 Å². The van der Waals surface area contributed by atoms with Crippen LogP contribution in [0.1, 0.15) is 11.3 Å². The van der Waals surface area contributed by atoms with Crippen molar-refractivity contribution in [3.8, 4) is 11.4 Å². The Balaban J connectivity index is 2.46. The van der Waals surface area contributed by atoms with Crippen LogP contribution in [0.25, 0.3) is 11.4 Å². The van der Waals surface area contributed by atoms with Crippen molar-refractivity contribution in [2.45, 2.75) is 13.5 Å². The second-order valence-electron chi connectivity index (χ2n) is 4.00. The molecular weight excluding hydrogens is 294 g/mol. The number of nitrogens with two attached hydrogens (primary N) is 1. The molecule has 0 aliphatic carbocycles. The Kier molecular flexibility index (Phi) is 3.93. The molecular formula is C13H14BrN3O. The molecule has 18 heavy (non-hydrogen) atoms. The first-order valence-electron chi connectivity index (χ1n) is 5.49. The number of benzene rings is 1. The molecule has 94 valence electrons. The Morgan fingerprint density at radius 3 is 2.72 bits per heavy atom. The van der Waals surface area contributed by atoms with Gasteiger partial charge >= 0.3 is 0 Å². The topological polar surface area (TPSA) is 61.0 Å². The van der Waals surface area contributed by atoms with E-state index in [1.807, 2.05) is 25.1 Å². The van der Waals surface area contributed by atoms with Gasteiger partial charge in [-0.25, -0.2) is 9.97 Å². The van der Waals surface area contributed by atoms with Crippen LogP contribution in [-0.4, -0.2) is 17.1 Å². The average molecular weight is 308 g/mol. The number of rotatable bonds is 3. The number of anilines is 1. The Labute approximate surface area is 114 Å². The summed E-state index contributed by atoms with van der Waals surface area (Å²) in [6.07, 6.45) is 0. The van der Waals surface area contributed by atoms with E-state index >= 15 is 0 Å². The van der Waals surface area contributed by atoms with Gasteiger partial charge in [-0.05, 0) is 18.6 Å². The number of nitrogen functional groups attached to an aromatic ring is 1. The van der Waals surface area contributed by atoms with Crippen LogP contribution in [0.15, 0.2) is 28.7 Å². The zero-order valence-corrected chi connectivity index (χ0v) is 11.9.